The molecule has 64 heavy (non-hydrogen) atoms. The Balaban J connectivity index is 1.35. The molecule has 0 bridgehead atoms. The van der Waals surface area contributed by atoms with Crippen molar-refractivity contribution in [3.8, 4) is 56.9 Å². The van der Waals surface area contributed by atoms with Crippen molar-refractivity contribution in [1.29, 1.82) is 0 Å². The van der Waals surface area contributed by atoms with Crippen LogP contribution >= 0.6 is 0 Å². The number of rotatable bonds is 10. The van der Waals surface area contributed by atoms with Crippen molar-refractivity contribution >= 4 is 116 Å². The van der Waals surface area contributed by atoms with Gasteiger partial charge in [0.05, 0.1) is 0 Å². The summed E-state index contributed by atoms with van der Waals surface area (Å²) in [5.74, 6) is 2.56. The Bertz CT molecular complexity index is 3300. The van der Waals surface area contributed by atoms with Crippen molar-refractivity contribution in [2.45, 2.75) is 0 Å². The summed E-state index contributed by atoms with van der Waals surface area (Å²) in [4.78, 5) is 1.93. The van der Waals surface area contributed by atoms with Gasteiger partial charge in [0.15, 0.2) is 0 Å². The first-order chi connectivity index (χ1) is 31.2. The lowest BCUT2D eigenvalue weighted by atomic mass is 9.64. The zero-order valence-corrected chi connectivity index (χ0v) is 34.9. The summed E-state index contributed by atoms with van der Waals surface area (Å²) in [6, 6.07) is 57.8. The van der Waals surface area contributed by atoms with Crippen molar-refractivity contribution in [3.05, 3.63) is 198 Å². The van der Waals surface area contributed by atoms with Crippen LogP contribution in [0.1, 0.15) is 5.56 Å². The number of allylic oxidation sites excluding steroid dienone is 3. The monoisotopic (exact) mass is 799 g/mol. The van der Waals surface area contributed by atoms with Crippen LogP contribution in [0.15, 0.2) is 197 Å². The van der Waals surface area contributed by atoms with Crippen LogP contribution in [0.4, 0.5) is 11.4 Å². The lowest BCUT2D eigenvalue weighted by molar-refractivity contribution is 0.670. The van der Waals surface area contributed by atoms with Gasteiger partial charge in [-0.3, -0.25) is 0 Å². The van der Waals surface area contributed by atoms with Gasteiger partial charge < -0.3 is 9.32 Å². The first-order valence-electron chi connectivity index (χ1n) is 20.7. The summed E-state index contributed by atoms with van der Waals surface area (Å²) in [7, 11) is 49.7. The van der Waals surface area contributed by atoms with Crippen LogP contribution in [0, 0.1) is 12.3 Å². The van der Waals surface area contributed by atoms with E-state index in [2.05, 4.69) is 48.4 Å². The lowest BCUT2D eigenvalue weighted by Crippen LogP contribution is -2.47. The summed E-state index contributed by atoms with van der Waals surface area (Å²) in [5, 5.41) is 1.85. The van der Waals surface area contributed by atoms with Crippen LogP contribution in [-0.4, -0.2) is 61.5 Å². The number of nitrogens with zero attached hydrogens (tertiary/aromatic N) is 1. The van der Waals surface area contributed by atoms with Gasteiger partial charge in [-0.05, 0) is 62.1 Å². The van der Waals surface area contributed by atoms with Crippen molar-refractivity contribution in [2.75, 3.05) is 11.4 Å². The predicted molar refractivity (Wildman–Crippen MR) is 277 cm³/mol. The van der Waals surface area contributed by atoms with E-state index in [1.165, 1.54) is 0 Å². The van der Waals surface area contributed by atoms with Crippen LogP contribution in [0.5, 0.6) is 0 Å². The normalized spacial score (nSPS) is 12.1. The van der Waals surface area contributed by atoms with Gasteiger partial charge in [0.25, 0.3) is 0 Å². The zero-order valence-electron chi connectivity index (χ0n) is 34.9. The Morgan fingerprint density at radius 3 is 1.67 bits per heavy atom. The Hall–Kier alpha value is -7.15. The second-order valence-electron chi connectivity index (χ2n) is 15.5. The zero-order chi connectivity index (χ0) is 44.5. The van der Waals surface area contributed by atoms with E-state index in [4.69, 9.17) is 65.8 Å². The van der Waals surface area contributed by atoms with E-state index in [0.717, 1.165) is 49.7 Å². The highest BCUT2D eigenvalue weighted by Crippen LogP contribution is 2.46. The van der Waals surface area contributed by atoms with Crippen LogP contribution < -0.4 is 26.8 Å². The molecule has 0 spiro atoms. The molecule has 0 saturated carbocycles. The molecule has 9 aromatic rings. The fourth-order valence-corrected chi connectivity index (χ4v) is 8.65. The van der Waals surface area contributed by atoms with Crippen LogP contribution in [0.25, 0.3) is 72.0 Å². The maximum atomic E-state index is 7.30. The molecule has 0 fully saturated rings. The number of hydrogen-bond acceptors (Lipinski definition) is 2. The summed E-state index contributed by atoms with van der Waals surface area (Å²) < 4.78 is 6.44. The number of furan rings is 1. The Kier molecular flexibility index (Phi) is 11.8. The van der Waals surface area contributed by atoms with Gasteiger partial charge in [0.1, 0.15) is 66.1 Å². The van der Waals surface area contributed by atoms with E-state index < -0.39 is 0 Å². The van der Waals surface area contributed by atoms with Gasteiger partial charge in [0.2, 0.25) is 0 Å². The maximum Gasteiger partial charge on any atom is 0.143 e. The Morgan fingerprint density at radius 2 is 1.02 bits per heavy atom. The quantitative estimate of drug-likeness (QED) is 0.0787. The second-order valence-corrected chi connectivity index (χ2v) is 15.5. The molecule has 0 atom stereocenters. The highest BCUT2D eigenvalue weighted by Gasteiger charge is 2.27. The van der Waals surface area contributed by atoms with Gasteiger partial charge in [-0.2, -0.15) is 0 Å². The van der Waals surface area contributed by atoms with Crippen LogP contribution in [0.3, 0.4) is 0 Å². The number of terminal acetylenes is 1. The fourth-order valence-electron chi connectivity index (χ4n) is 8.65. The minimum Gasteiger partial charge on any atom is -0.455 e. The van der Waals surface area contributed by atoms with Gasteiger partial charge in [0, 0.05) is 39.8 Å². The average Bonchev–Trinajstić information content (AvgIpc) is 3.73. The average molecular weight is 799 g/mol. The molecule has 0 aliphatic rings. The molecule has 0 aliphatic heterocycles. The van der Waals surface area contributed by atoms with Gasteiger partial charge >= 0.3 is 0 Å². The summed E-state index contributed by atoms with van der Waals surface area (Å²) >= 11 is 0. The first-order valence-corrected chi connectivity index (χ1v) is 20.7. The summed E-state index contributed by atoms with van der Waals surface area (Å²) in [6.45, 7) is -0.0510. The van der Waals surface area contributed by atoms with Gasteiger partial charge in [-0.1, -0.05) is 197 Å². The molecule has 0 unspecified atom stereocenters. The molecule has 14 radical (unpaired) electrons. The molecular formula is C55H32B7NO. The molecule has 9 heteroatoms. The fraction of sp³-hybridized carbons (Fsp3) is 0.0182. The third kappa shape index (κ3) is 7.58. The third-order valence-electron chi connectivity index (χ3n) is 11.7. The molecule has 8 aromatic carbocycles. The van der Waals surface area contributed by atoms with E-state index in [1.807, 2.05) is 138 Å². The molecule has 1 heterocycles. The van der Waals surface area contributed by atoms with Crippen molar-refractivity contribution in [3.63, 3.8) is 0 Å². The molecule has 284 valence electrons. The predicted octanol–water partition coefficient (Wildman–Crippen LogP) is 8.33. The molecule has 1 aromatic heterocycles. The maximum absolute atomic E-state index is 7.30. The van der Waals surface area contributed by atoms with E-state index in [0.29, 0.717) is 39.2 Å². The van der Waals surface area contributed by atoms with Gasteiger partial charge in [-0.15, -0.1) is 11.9 Å². The molecule has 2 nitrogen and oxygen atoms in total. The molecule has 0 aliphatic carbocycles. The summed E-state index contributed by atoms with van der Waals surface area (Å²) in [6.07, 6.45) is 5.91. The number of benzene rings is 8. The molecule has 9 rings (SSSR count). The Morgan fingerprint density at radius 1 is 0.500 bits per heavy atom. The smallest absolute Gasteiger partial charge is 0.143 e. The van der Waals surface area contributed by atoms with E-state index >= 15 is 0 Å². The number of anilines is 2. The minimum atomic E-state index is -0.0510. The molecule has 0 amide bonds. The first kappa shape index (κ1) is 42.2. The van der Waals surface area contributed by atoms with Crippen LogP contribution in [-0.2, 0) is 0 Å². The van der Waals surface area contributed by atoms with Crippen LogP contribution in [0.2, 0.25) is 0 Å². The van der Waals surface area contributed by atoms with E-state index in [9.17, 15) is 0 Å². The highest BCUT2D eigenvalue weighted by atomic mass is 16.3. The number of hydrogen-bond donors (Lipinski definition) is 0. The molecule has 0 N–H and O–H groups in total. The number of para-hydroxylation sites is 2. The molecule has 0 saturated heterocycles. The standard InChI is InChI=1S/C55H32B7NO/c1-2-42(56)46(35-22-10-5-11-23-35)49(58)43(57)32-63(54-52(61)50(59)48(51(60)53(54)62)41-29-16-28-40-38-25-14-15-31-45(38)64-55(40)41)44-30-17-27-37(34-20-8-4-9-21-34)47(44)39-26-13-12-24-36(39)33-18-6-3-7-19-33/h1,3-31H,32H2/b46-42+,49-43-. The third-order valence-corrected chi connectivity index (χ3v) is 11.7. The largest absolute Gasteiger partial charge is 0.455 e. The molecular weight excluding hydrogens is 766 g/mol. The van der Waals surface area contributed by atoms with E-state index in [1.54, 1.807) is 0 Å². The SMILES string of the molecule is [B]/C(CN(c1cccc(-c2ccccc2)c1-c1ccccc1-c1ccccc1)c1c([B])c([B])c(-c2cccc3c2oc2ccccc23)c([B])c1[B])=C([B])/C(=C(/[B])C#C)c1ccccc1. The number of fused-ring (bicyclic) bond motifs is 3. The van der Waals surface area contributed by atoms with Crippen molar-refractivity contribution in [2.24, 2.45) is 0 Å². The minimum absolute atomic E-state index is 0.0510. The van der Waals surface area contributed by atoms with E-state index in [-0.39, 0.29) is 44.8 Å². The van der Waals surface area contributed by atoms with Crippen molar-refractivity contribution in [1.82, 2.24) is 0 Å². The lowest BCUT2D eigenvalue weighted by Gasteiger charge is -2.36. The highest BCUT2D eigenvalue weighted by molar-refractivity contribution is 6.63. The Labute approximate surface area is 384 Å². The topological polar surface area (TPSA) is 16.4 Å². The second kappa shape index (κ2) is 17.9. The summed E-state index contributed by atoms with van der Waals surface area (Å²) in [5.41, 5.74) is 11.7. The van der Waals surface area contributed by atoms with Crippen molar-refractivity contribution < 1.29 is 4.42 Å². The van der Waals surface area contributed by atoms with Gasteiger partial charge in [-0.25, -0.2) is 0 Å².